The van der Waals surface area contributed by atoms with Gasteiger partial charge in [-0.2, -0.15) is 5.10 Å². The van der Waals surface area contributed by atoms with E-state index in [1.807, 2.05) is 0 Å². The topological polar surface area (TPSA) is 27.9 Å². The third kappa shape index (κ3) is 6.18. The molecule has 0 aliphatic carbocycles. The van der Waals surface area contributed by atoms with Crippen LogP contribution in [0.2, 0.25) is 0 Å². The molecule has 162 valence electrons. The molecule has 0 saturated carbocycles. The highest BCUT2D eigenvalue weighted by molar-refractivity contribution is 5.91. The first-order valence-electron chi connectivity index (χ1n) is 11.5. The molecule has 2 aliphatic rings. The van der Waals surface area contributed by atoms with Crippen molar-refractivity contribution in [2.24, 2.45) is 5.10 Å². The molecule has 4 rings (SSSR count). The summed E-state index contributed by atoms with van der Waals surface area (Å²) in [5.74, 6) is 0. The van der Waals surface area contributed by atoms with Gasteiger partial charge in [-0.25, -0.2) is 0 Å². The van der Waals surface area contributed by atoms with Crippen LogP contribution in [0.15, 0.2) is 89.1 Å². The summed E-state index contributed by atoms with van der Waals surface area (Å²) in [5, 5.41) is 7.26. The molecule has 0 radical (unpaired) electrons. The average molecular weight is 415 g/mol. The molecule has 2 heterocycles. The van der Waals surface area contributed by atoms with Gasteiger partial charge in [0.25, 0.3) is 0 Å². The van der Waals surface area contributed by atoms with E-state index in [0.29, 0.717) is 6.04 Å². The molecule has 31 heavy (non-hydrogen) atoms. The highest BCUT2D eigenvalue weighted by Crippen LogP contribution is 2.42. The molecule has 0 aromatic heterocycles. The Labute approximate surface area is 187 Å². The highest BCUT2D eigenvalue weighted by Gasteiger charge is 2.45. The zero-order valence-corrected chi connectivity index (χ0v) is 19.0. The molecular weight excluding hydrogens is 380 g/mol. The second kappa shape index (κ2) is 10.1. The summed E-state index contributed by atoms with van der Waals surface area (Å²) >= 11 is 0. The van der Waals surface area contributed by atoms with Crippen LogP contribution < -0.4 is 0 Å². The minimum atomic E-state index is 0.110. The lowest BCUT2D eigenvalue weighted by atomic mass is 10.0. The van der Waals surface area contributed by atoms with E-state index in [1.165, 1.54) is 28.0 Å². The van der Waals surface area contributed by atoms with Crippen molar-refractivity contribution in [3.63, 3.8) is 0 Å². The molecule has 0 bridgehead atoms. The van der Waals surface area contributed by atoms with E-state index in [9.17, 15) is 0 Å². The number of allylic oxidation sites excluding steroid dienone is 4. The van der Waals surface area contributed by atoms with E-state index in [2.05, 4.69) is 98.6 Å². The molecule has 2 aromatic rings. The van der Waals surface area contributed by atoms with Gasteiger partial charge in [-0.1, -0.05) is 84.0 Å². The van der Waals surface area contributed by atoms with E-state index in [4.69, 9.17) is 9.84 Å². The summed E-state index contributed by atoms with van der Waals surface area (Å²) in [5.41, 5.74) is 6.63. The zero-order valence-electron chi connectivity index (χ0n) is 19.0. The standard InChI is InChI=1S/C28H34N2O/c1-21(2)12-10-13-22(3)14-11-19-25(28-27(31-28)24-17-8-5-9-18-24)29-30-20-26(30)23-15-6-4-7-16-23/h4-9,12,14-18,26-28H,10-11,13,19-20H2,1-3H3. The van der Waals surface area contributed by atoms with Crippen LogP contribution in [0.3, 0.4) is 0 Å². The number of nitrogens with zero attached hydrogens (tertiary/aromatic N) is 2. The molecule has 2 saturated heterocycles. The molecule has 2 aliphatic heterocycles. The Bertz CT molecular complexity index is 941. The van der Waals surface area contributed by atoms with E-state index in [-0.39, 0.29) is 12.2 Å². The number of hydrogen-bond acceptors (Lipinski definition) is 3. The third-order valence-corrected chi connectivity index (χ3v) is 5.96. The Morgan fingerprint density at radius 1 is 0.903 bits per heavy atom. The molecule has 0 amide bonds. The summed E-state index contributed by atoms with van der Waals surface area (Å²) in [6.45, 7) is 7.56. The minimum absolute atomic E-state index is 0.110. The Morgan fingerprint density at radius 2 is 1.55 bits per heavy atom. The fraction of sp³-hybridized carbons (Fsp3) is 0.393. The Hall–Kier alpha value is -2.65. The van der Waals surface area contributed by atoms with Crippen molar-refractivity contribution >= 4 is 5.71 Å². The lowest BCUT2D eigenvalue weighted by Crippen LogP contribution is -2.11. The zero-order chi connectivity index (χ0) is 21.6. The molecule has 3 unspecified atom stereocenters. The number of rotatable bonds is 10. The first kappa shape index (κ1) is 21.6. The lowest BCUT2D eigenvalue weighted by molar-refractivity contribution is 0.396. The van der Waals surface area contributed by atoms with Crippen molar-refractivity contribution < 1.29 is 4.74 Å². The largest absolute Gasteiger partial charge is 0.358 e. The summed E-state index contributed by atoms with van der Waals surface area (Å²) in [6, 6.07) is 21.6. The molecule has 3 nitrogen and oxygen atoms in total. The van der Waals surface area contributed by atoms with Crippen LogP contribution in [0.5, 0.6) is 0 Å². The van der Waals surface area contributed by atoms with Crippen molar-refractivity contribution in [2.75, 3.05) is 6.54 Å². The molecular formula is C28H34N2O. The normalized spacial score (nSPS) is 22.9. The van der Waals surface area contributed by atoms with Gasteiger partial charge in [-0.15, -0.1) is 0 Å². The van der Waals surface area contributed by atoms with Gasteiger partial charge in [0.1, 0.15) is 12.2 Å². The van der Waals surface area contributed by atoms with Gasteiger partial charge in [-0.3, -0.25) is 5.01 Å². The molecule has 2 fully saturated rings. The van der Waals surface area contributed by atoms with Crippen LogP contribution in [-0.2, 0) is 4.74 Å². The second-order valence-corrected chi connectivity index (χ2v) is 8.94. The number of ether oxygens (including phenoxy) is 1. The smallest absolute Gasteiger partial charge is 0.129 e. The maximum atomic E-state index is 6.10. The second-order valence-electron chi connectivity index (χ2n) is 8.94. The SMILES string of the molecule is CC(C)=CCCC(C)=CCCC(=NN1CC1c1ccccc1)C1OC1c1ccccc1. The van der Waals surface area contributed by atoms with Gasteiger partial charge >= 0.3 is 0 Å². The van der Waals surface area contributed by atoms with Crippen LogP contribution in [0, 0.1) is 0 Å². The van der Waals surface area contributed by atoms with Crippen molar-refractivity contribution in [3.8, 4) is 0 Å². The maximum Gasteiger partial charge on any atom is 0.129 e. The van der Waals surface area contributed by atoms with Gasteiger partial charge in [0.05, 0.1) is 18.3 Å². The maximum absolute atomic E-state index is 6.10. The molecule has 0 spiro atoms. The van der Waals surface area contributed by atoms with Crippen molar-refractivity contribution in [1.29, 1.82) is 0 Å². The van der Waals surface area contributed by atoms with Crippen molar-refractivity contribution in [2.45, 2.75) is 64.7 Å². The first-order chi connectivity index (χ1) is 15.1. The minimum Gasteiger partial charge on any atom is -0.358 e. The fourth-order valence-electron chi connectivity index (χ4n) is 4.03. The quantitative estimate of drug-likeness (QED) is 0.237. The van der Waals surface area contributed by atoms with Gasteiger partial charge in [0.15, 0.2) is 0 Å². The monoisotopic (exact) mass is 414 g/mol. The van der Waals surface area contributed by atoms with Crippen LogP contribution in [0.25, 0.3) is 0 Å². The van der Waals surface area contributed by atoms with Crippen molar-refractivity contribution in [3.05, 3.63) is 95.1 Å². The lowest BCUT2D eigenvalue weighted by Gasteiger charge is -2.06. The number of hydrazone groups is 1. The molecule has 3 atom stereocenters. The number of epoxide rings is 1. The van der Waals surface area contributed by atoms with Gasteiger partial charge in [0, 0.05) is 0 Å². The number of benzene rings is 2. The highest BCUT2D eigenvalue weighted by atomic mass is 16.6. The molecule has 3 heteroatoms. The average Bonchev–Trinajstić information content (AvgIpc) is 3.69. The van der Waals surface area contributed by atoms with E-state index >= 15 is 0 Å². The van der Waals surface area contributed by atoms with Crippen LogP contribution in [0.1, 0.15) is 69.7 Å². The van der Waals surface area contributed by atoms with E-state index < -0.39 is 0 Å². The van der Waals surface area contributed by atoms with E-state index in [1.54, 1.807) is 0 Å². The van der Waals surface area contributed by atoms with Crippen LogP contribution in [0.4, 0.5) is 0 Å². The molecule has 2 aromatic carbocycles. The van der Waals surface area contributed by atoms with Gasteiger partial charge in [-0.05, 0) is 57.6 Å². The summed E-state index contributed by atoms with van der Waals surface area (Å²) in [7, 11) is 0. The number of hydrogen-bond donors (Lipinski definition) is 0. The summed E-state index contributed by atoms with van der Waals surface area (Å²) < 4.78 is 6.10. The van der Waals surface area contributed by atoms with Crippen LogP contribution in [-0.4, -0.2) is 23.4 Å². The van der Waals surface area contributed by atoms with Crippen molar-refractivity contribution in [1.82, 2.24) is 5.01 Å². The summed E-state index contributed by atoms with van der Waals surface area (Å²) in [6.07, 6.45) is 9.18. The van der Waals surface area contributed by atoms with Crippen LogP contribution >= 0.6 is 0 Å². The Morgan fingerprint density at radius 3 is 2.23 bits per heavy atom. The Balaban J connectivity index is 1.40. The Kier molecular flexibility index (Phi) is 7.03. The predicted octanol–water partition coefficient (Wildman–Crippen LogP) is 7.01. The van der Waals surface area contributed by atoms with Gasteiger partial charge in [0.2, 0.25) is 0 Å². The third-order valence-electron chi connectivity index (χ3n) is 5.96. The summed E-state index contributed by atoms with van der Waals surface area (Å²) in [4.78, 5) is 0. The van der Waals surface area contributed by atoms with E-state index in [0.717, 1.165) is 32.2 Å². The fourth-order valence-corrected chi connectivity index (χ4v) is 4.03. The van der Waals surface area contributed by atoms with Gasteiger partial charge < -0.3 is 4.74 Å². The molecule has 0 N–H and O–H groups in total. The predicted molar refractivity (Wildman–Crippen MR) is 129 cm³/mol. The first-order valence-corrected chi connectivity index (χ1v) is 11.5.